The van der Waals surface area contributed by atoms with Crippen molar-refractivity contribution in [2.45, 2.75) is 13.1 Å². The van der Waals surface area contributed by atoms with Crippen LogP contribution < -0.4 is 0 Å². The highest BCUT2D eigenvalue weighted by molar-refractivity contribution is 5.94. The first-order valence-corrected chi connectivity index (χ1v) is 6.49. The third-order valence-electron chi connectivity index (χ3n) is 3.35. The van der Waals surface area contributed by atoms with Gasteiger partial charge in [-0.2, -0.15) is 13.2 Å². The Balaban J connectivity index is 2.26. The average Bonchev–Trinajstić information content (AvgIpc) is 2.45. The summed E-state index contributed by atoms with van der Waals surface area (Å²) < 4.78 is 38.6. The van der Waals surface area contributed by atoms with E-state index in [1.807, 2.05) is 37.3 Å². The Labute approximate surface area is 120 Å². The van der Waals surface area contributed by atoms with Gasteiger partial charge >= 0.3 is 6.18 Å². The number of hydrogen-bond donors (Lipinski definition) is 0. The van der Waals surface area contributed by atoms with E-state index < -0.39 is 11.7 Å². The Kier molecular flexibility index (Phi) is 3.16. The molecule has 0 atom stereocenters. The number of nitrogens with zero attached hydrogens (tertiary/aromatic N) is 1. The lowest BCUT2D eigenvalue weighted by atomic mass is 9.98. The van der Waals surface area contributed by atoms with Gasteiger partial charge in [-0.25, -0.2) is 0 Å². The topological polar surface area (TPSA) is 12.9 Å². The van der Waals surface area contributed by atoms with E-state index >= 15 is 0 Å². The maximum atomic E-state index is 12.9. The van der Waals surface area contributed by atoms with Crippen molar-refractivity contribution in [1.29, 1.82) is 0 Å². The molecule has 0 radical (unpaired) electrons. The van der Waals surface area contributed by atoms with E-state index in [2.05, 4.69) is 4.98 Å². The van der Waals surface area contributed by atoms with Gasteiger partial charge in [0, 0.05) is 11.1 Å². The second-order valence-corrected chi connectivity index (χ2v) is 4.91. The van der Waals surface area contributed by atoms with Crippen LogP contribution in [0.2, 0.25) is 0 Å². The second kappa shape index (κ2) is 4.88. The fourth-order valence-corrected chi connectivity index (χ4v) is 2.41. The third kappa shape index (κ3) is 2.61. The minimum Gasteiger partial charge on any atom is -0.253 e. The number of halogens is 3. The van der Waals surface area contributed by atoms with E-state index in [1.165, 1.54) is 12.1 Å². The van der Waals surface area contributed by atoms with Crippen LogP contribution in [0.4, 0.5) is 13.2 Å². The molecule has 2 aromatic carbocycles. The molecule has 0 spiro atoms. The summed E-state index contributed by atoms with van der Waals surface area (Å²) in [5.74, 6) is 0. The second-order valence-electron chi connectivity index (χ2n) is 4.91. The van der Waals surface area contributed by atoms with Gasteiger partial charge in [0.15, 0.2) is 0 Å². The summed E-state index contributed by atoms with van der Waals surface area (Å²) in [6.07, 6.45) is -4.34. The number of rotatable bonds is 1. The third-order valence-corrected chi connectivity index (χ3v) is 3.35. The fraction of sp³-hybridized carbons (Fsp3) is 0.118. The molecular weight excluding hydrogens is 275 g/mol. The van der Waals surface area contributed by atoms with E-state index in [4.69, 9.17) is 0 Å². The van der Waals surface area contributed by atoms with E-state index in [0.29, 0.717) is 5.56 Å². The van der Waals surface area contributed by atoms with Crippen molar-refractivity contribution in [3.63, 3.8) is 0 Å². The van der Waals surface area contributed by atoms with Gasteiger partial charge in [-0.05, 0) is 42.3 Å². The summed E-state index contributed by atoms with van der Waals surface area (Å²) in [4.78, 5) is 4.41. The van der Waals surface area contributed by atoms with Crippen LogP contribution in [-0.4, -0.2) is 4.98 Å². The van der Waals surface area contributed by atoms with Crippen molar-refractivity contribution >= 4 is 10.9 Å². The molecule has 0 fully saturated rings. The Morgan fingerprint density at radius 2 is 1.67 bits per heavy atom. The first-order chi connectivity index (χ1) is 9.95. The van der Waals surface area contributed by atoms with Crippen molar-refractivity contribution < 1.29 is 13.2 Å². The maximum absolute atomic E-state index is 12.9. The number of fused-ring (bicyclic) bond motifs is 1. The highest BCUT2D eigenvalue weighted by Crippen LogP contribution is 2.34. The predicted octanol–water partition coefficient (Wildman–Crippen LogP) is 5.23. The summed E-state index contributed by atoms with van der Waals surface area (Å²) in [6.45, 7) is 1.84. The summed E-state index contributed by atoms with van der Waals surface area (Å²) in [5.41, 5.74) is 2.24. The lowest BCUT2D eigenvalue weighted by Gasteiger charge is -2.11. The molecule has 0 amide bonds. The molecule has 0 aliphatic carbocycles. The Morgan fingerprint density at radius 1 is 0.905 bits per heavy atom. The highest BCUT2D eigenvalue weighted by atomic mass is 19.4. The first kappa shape index (κ1) is 13.6. The Bertz CT molecular complexity index is 806. The van der Waals surface area contributed by atoms with Crippen molar-refractivity contribution in [3.05, 3.63) is 65.9 Å². The lowest BCUT2D eigenvalue weighted by Crippen LogP contribution is -2.04. The number of aromatic nitrogens is 1. The largest absolute Gasteiger partial charge is 0.416 e. The summed E-state index contributed by atoms with van der Waals surface area (Å²) in [7, 11) is 0. The molecule has 106 valence electrons. The van der Waals surface area contributed by atoms with Crippen molar-refractivity contribution in [2.24, 2.45) is 0 Å². The van der Waals surface area contributed by atoms with Crippen LogP contribution in [0.25, 0.3) is 22.0 Å². The van der Waals surface area contributed by atoms with Gasteiger partial charge in [0.25, 0.3) is 0 Å². The molecule has 1 nitrogen and oxygen atoms in total. The number of pyridine rings is 1. The zero-order valence-electron chi connectivity index (χ0n) is 11.3. The van der Waals surface area contributed by atoms with Gasteiger partial charge in [0.05, 0.1) is 11.1 Å². The van der Waals surface area contributed by atoms with Gasteiger partial charge in [-0.15, -0.1) is 0 Å². The molecule has 0 aliphatic heterocycles. The fourth-order valence-electron chi connectivity index (χ4n) is 2.41. The van der Waals surface area contributed by atoms with Gasteiger partial charge < -0.3 is 0 Å². The van der Waals surface area contributed by atoms with E-state index in [1.54, 1.807) is 6.07 Å². The van der Waals surface area contributed by atoms with Crippen LogP contribution in [-0.2, 0) is 6.18 Å². The zero-order valence-corrected chi connectivity index (χ0v) is 11.3. The molecule has 3 rings (SSSR count). The van der Waals surface area contributed by atoms with Crippen LogP contribution in [0, 0.1) is 6.92 Å². The molecule has 21 heavy (non-hydrogen) atoms. The molecule has 0 N–H and O–H groups in total. The van der Waals surface area contributed by atoms with Crippen LogP contribution >= 0.6 is 0 Å². The zero-order chi connectivity index (χ0) is 15.0. The number of alkyl halides is 3. The van der Waals surface area contributed by atoms with Crippen LogP contribution in [0.3, 0.4) is 0 Å². The maximum Gasteiger partial charge on any atom is 0.416 e. The van der Waals surface area contributed by atoms with Gasteiger partial charge in [-0.3, -0.25) is 4.98 Å². The predicted molar refractivity (Wildman–Crippen MR) is 76.9 cm³/mol. The Morgan fingerprint density at radius 3 is 2.43 bits per heavy atom. The van der Waals surface area contributed by atoms with Crippen LogP contribution in [0.1, 0.15) is 11.3 Å². The first-order valence-electron chi connectivity index (χ1n) is 6.49. The monoisotopic (exact) mass is 287 g/mol. The molecule has 1 aromatic heterocycles. The molecule has 3 aromatic rings. The number of para-hydroxylation sites is 1. The van der Waals surface area contributed by atoms with E-state index in [-0.39, 0.29) is 0 Å². The molecule has 1 heterocycles. The summed E-state index contributed by atoms with van der Waals surface area (Å²) in [5, 5.41) is 0.849. The summed E-state index contributed by atoms with van der Waals surface area (Å²) >= 11 is 0. The minimum absolute atomic E-state index is 0.548. The number of hydrogen-bond acceptors (Lipinski definition) is 1. The normalized spacial score (nSPS) is 11.8. The molecule has 4 heteroatoms. The van der Waals surface area contributed by atoms with Crippen molar-refractivity contribution in [1.82, 2.24) is 4.98 Å². The SMILES string of the molecule is Cc1cc(-c2cccc(C(F)(F)F)c2)c2ccccc2n1. The summed E-state index contributed by atoms with van der Waals surface area (Å²) in [6, 6.07) is 14.7. The molecular formula is C17H12F3N. The smallest absolute Gasteiger partial charge is 0.253 e. The Hall–Kier alpha value is -2.36. The molecule has 0 saturated carbocycles. The minimum atomic E-state index is -4.34. The standard InChI is InChI=1S/C17H12F3N/c1-11-9-15(14-7-2-3-8-16(14)21-11)12-5-4-6-13(10-12)17(18,19)20/h2-10H,1H3. The van der Waals surface area contributed by atoms with E-state index in [0.717, 1.165) is 28.2 Å². The van der Waals surface area contributed by atoms with E-state index in [9.17, 15) is 13.2 Å². The van der Waals surface area contributed by atoms with Crippen molar-refractivity contribution in [2.75, 3.05) is 0 Å². The average molecular weight is 287 g/mol. The van der Waals surface area contributed by atoms with Gasteiger partial charge in [0.1, 0.15) is 0 Å². The van der Waals surface area contributed by atoms with Gasteiger partial charge in [0.2, 0.25) is 0 Å². The van der Waals surface area contributed by atoms with Crippen LogP contribution in [0.5, 0.6) is 0 Å². The molecule has 0 unspecified atom stereocenters. The molecule has 0 aliphatic rings. The number of benzene rings is 2. The molecule has 0 bridgehead atoms. The molecule has 0 saturated heterocycles. The van der Waals surface area contributed by atoms with Crippen LogP contribution in [0.15, 0.2) is 54.6 Å². The quantitative estimate of drug-likeness (QED) is 0.597. The highest BCUT2D eigenvalue weighted by Gasteiger charge is 2.30. The van der Waals surface area contributed by atoms with Crippen molar-refractivity contribution in [3.8, 4) is 11.1 Å². The lowest BCUT2D eigenvalue weighted by molar-refractivity contribution is -0.137. The number of aryl methyl sites for hydroxylation is 1. The van der Waals surface area contributed by atoms with Gasteiger partial charge in [-0.1, -0.05) is 30.3 Å².